The van der Waals surface area contributed by atoms with Crippen molar-refractivity contribution in [1.82, 2.24) is 14.7 Å². The SMILES string of the molecule is Cn1ncc(C(=O)O)c1CN(CC(N)=O)C1CCCC1. The molecule has 1 amide bonds. The average Bonchev–Trinajstić information content (AvgIpc) is 2.98. The Hall–Kier alpha value is -1.89. The summed E-state index contributed by atoms with van der Waals surface area (Å²) in [6, 6.07) is 0.291. The molecule has 1 heterocycles. The molecule has 0 aliphatic heterocycles. The van der Waals surface area contributed by atoms with Gasteiger partial charge in [-0.2, -0.15) is 5.10 Å². The second kappa shape index (κ2) is 6.04. The Balaban J connectivity index is 2.20. The lowest BCUT2D eigenvalue weighted by atomic mass is 10.1. The summed E-state index contributed by atoms with van der Waals surface area (Å²) in [6.07, 6.45) is 5.66. The quantitative estimate of drug-likeness (QED) is 0.783. The fraction of sp³-hybridized carbons (Fsp3) is 0.615. The number of carboxylic acid groups (broad SMARTS) is 1. The number of amides is 1. The summed E-state index contributed by atoms with van der Waals surface area (Å²) in [6.45, 7) is 0.528. The molecule has 2 rings (SSSR count). The third-order valence-electron chi connectivity index (χ3n) is 3.84. The van der Waals surface area contributed by atoms with E-state index in [4.69, 9.17) is 5.73 Å². The highest BCUT2D eigenvalue weighted by atomic mass is 16.4. The van der Waals surface area contributed by atoms with E-state index in [1.54, 1.807) is 11.7 Å². The van der Waals surface area contributed by atoms with E-state index in [1.807, 2.05) is 4.90 Å². The van der Waals surface area contributed by atoms with Crippen molar-refractivity contribution in [2.45, 2.75) is 38.3 Å². The summed E-state index contributed by atoms with van der Waals surface area (Å²) in [5, 5.41) is 13.2. The second-order valence-electron chi connectivity index (χ2n) is 5.24. The zero-order valence-corrected chi connectivity index (χ0v) is 11.6. The molecule has 0 aromatic carbocycles. The van der Waals surface area contributed by atoms with Crippen LogP contribution in [0.3, 0.4) is 0 Å². The maximum atomic E-state index is 11.2. The molecule has 0 unspecified atom stereocenters. The van der Waals surface area contributed by atoms with Gasteiger partial charge in [0.1, 0.15) is 5.56 Å². The molecule has 1 fully saturated rings. The van der Waals surface area contributed by atoms with Crippen molar-refractivity contribution in [3.63, 3.8) is 0 Å². The minimum atomic E-state index is -1.00. The van der Waals surface area contributed by atoms with Crippen LogP contribution in [0, 0.1) is 0 Å². The van der Waals surface area contributed by atoms with Gasteiger partial charge in [0.15, 0.2) is 0 Å². The number of nitrogens with zero attached hydrogens (tertiary/aromatic N) is 3. The van der Waals surface area contributed by atoms with Crippen LogP contribution in [0.4, 0.5) is 0 Å². The van der Waals surface area contributed by atoms with Crippen LogP contribution in [-0.4, -0.2) is 44.3 Å². The minimum absolute atomic E-state index is 0.148. The Morgan fingerprint density at radius 3 is 2.70 bits per heavy atom. The molecular formula is C13H20N4O3. The molecule has 1 aliphatic carbocycles. The zero-order chi connectivity index (χ0) is 14.7. The first kappa shape index (κ1) is 14.5. The van der Waals surface area contributed by atoms with Crippen molar-refractivity contribution in [2.24, 2.45) is 12.8 Å². The number of carbonyl (C=O) groups excluding carboxylic acids is 1. The van der Waals surface area contributed by atoms with Gasteiger partial charge in [0.2, 0.25) is 5.91 Å². The van der Waals surface area contributed by atoms with Gasteiger partial charge in [-0.25, -0.2) is 4.79 Å². The summed E-state index contributed by atoms with van der Waals surface area (Å²) in [5.74, 6) is -1.39. The average molecular weight is 280 g/mol. The monoisotopic (exact) mass is 280 g/mol. The van der Waals surface area contributed by atoms with Crippen molar-refractivity contribution in [2.75, 3.05) is 6.54 Å². The number of aryl methyl sites for hydroxylation is 1. The fourth-order valence-electron chi connectivity index (χ4n) is 2.81. The molecule has 0 spiro atoms. The summed E-state index contributed by atoms with van der Waals surface area (Å²) in [5.41, 5.74) is 6.09. The lowest BCUT2D eigenvalue weighted by molar-refractivity contribution is -0.119. The van der Waals surface area contributed by atoms with E-state index in [0.29, 0.717) is 18.3 Å². The topological polar surface area (TPSA) is 101 Å². The third-order valence-corrected chi connectivity index (χ3v) is 3.84. The smallest absolute Gasteiger partial charge is 0.339 e. The van der Waals surface area contributed by atoms with Crippen molar-refractivity contribution in [3.8, 4) is 0 Å². The van der Waals surface area contributed by atoms with Crippen LogP contribution in [0.1, 0.15) is 41.7 Å². The maximum Gasteiger partial charge on any atom is 0.339 e. The van der Waals surface area contributed by atoms with Gasteiger partial charge in [-0.1, -0.05) is 12.8 Å². The van der Waals surface area contributed by atoms with Gasteiger partial charge in [-0.15, -0.1) is 0 Å². The fourth-order valence-corrected chi connectivity index (χ4v) is 2.81. The van der Waals surface area contributed by atoms with Crippen molar-refractivity contribution in [1.29, 1.82) is 0 Å². The molecule has 1 aliphatic rings. The number of aromatic carboxylic acids is 1. The van der Waals surface area contributed by atoms with E-state index in [9.17, 15) is 14.7 Å². The normalized spacial score (nSPS) is 15.9. The van der Waals surface area contributed by atoms with Crippen LogP contribution >= 0.6 is 0 Å². The first-order chi connectivity index (χ1) is 9.49. The van der Waals surface area contributed by atoms with Gasteiger partial charge in [-0.3, -0.25) is 14.4 Å². The standard InChI is InChI=1S/C13H20N4O3/c1-16-11(10(6-15-16)13(19)20)7-17(8-12(14)18)9-4-2-3-5-9/h6,9H,2-5,7-8H2,1H3,(H2,14,18)(H,19,20). The Bertz CT molecular complexity index is 506. The number of aromatic nitrogens is 2. The second-order valence-corrected chi connectivity index (χ2v) is 5.24. The van der Waals surface area contributed by atoms with E-state index in [2.05, 4.69) is 5.10 Å². The van der Waals surface area contributed by atoms with E-state index in [-0.39, 0.29) is 12.1 Å². The Kier molecular flexibility index (Phi) is 4.39. The molecule has 3 N–H and O–H groups in total. The number of hydrogen-bond acceptors (Lipinski definition) is 4. The predicted molar refractivity (Wildman–Crippen MR) is 72.0 cm³/mol. The lowest BCUT2D eigenvalue weighted by Crippen LogP contribution is -2.40. The number of rotatable bonds is 6. The first-order valence-electron chi connectivity index (χ1n) is 6.75. The summed E-state index contributed by atoms with van der Waals surface area (Å²) in [4.78, 5) is 24.4. The van der Waals surface area contributed by atoms with E-state index in [1.165, 1.54) is 6.20 Å². The highest BCUT2D eigenvalue weighted by molar-refractivity contribution is 5.88. The maximum absolute atomic E-state index is 11.2. The van der Waals surface area contributed by atoms with Crippen molar-refractivity contribution < 1.29 is 14.7 Å². The first-order valence-corrected chi connectivity index (χ1v) is 6.75. The van der Waals surface area contributed by atoms with E-state index >= 15 is 0 Å². The molecule has 0 saturated heterocycles. The highest BCUT2D eigenvalue weighted by Crippen LogP contribution is 2.25. The number of hydrogen-bond donors (Lipinski definition) is 2. The van der Waals surface area contributed by atoms with Crippen molar-refractivity contribution >= 4 is 11.9 Å². The van der Waals surface area contributed by atoms with Gasteiger partial charge >= 0.3 is 5.97 Å². The third kappa shape index (κ3) is 3.16. The van der Waals surface area contributed by atoms with Crippen LogP contribution in [0.15, 0.2) is 6.20 Å². The molecule has 7 heteroatoms. The highest BCUT2D eigenvalue weighted by Gasteiger charge is 2.26. The van der Waals surface area contributed by atoms with Gasteiger partial charge in [0.25, 0.3) is 0 Å². The number of primary amides is 1. The number of nitrogens with two attached hydrogens (primary N) is 1. The molecule has 0 radical (unpaired) electrons. The lowest BCUT2D eigenvalue weighted by Gasteiger charge is -2.27. The molecule has 20 heavy (non-hydrogen) atoms. The molecule has 0 bridgehead atoms. The Morgan fingerprint density at radius 2 is 2.15 bits per heavy atom. The number of carboxylic acids is 1. The van der Waals surface area contributed by atoms with Crippen LogP contribution < -0.4 is 5.73 Å². The summed E-state index contributed by atoms with van der Waals surface area (Å²) < 4.78 is 1.55. The Labute approximate surface area is 117 Å². The van der Waals surface area contributed by atoms with E-state index < -0.39 is 11.9 Å². The van der Waals surface area contributed by atoms with Crippen LogP contribution in [-0.2, 0) is 18.4 Å². The van der Waals surface area contributed by atoms with Crippen LogP contribution in [0.25, 0.3) is 0 Å². The molecule has 1 aromatic rings. The molecule has 1 saturated carbocycles. The van der Waals surface area contributed by atoms with Crippen LogP contribution in [0.5, 0.6) is 0 Å². The zero-order valence-electron chi connectivity index (χ0n) is 11.6. The van der Waals surface area contributed by atoms with Crippen LogP contribution in [0.2, 0.25) is 0 Å². The van der Waals surface area contributed by atoms with Gasteiger partial charge < -0.3 is 10.8 Å². The van der Waals surface area contributed by atoms with Crippen molar-refractivity contribution in [3.05, 3.63) is 17.5 Å². The predicted octanol–water partition coefficient (Wildman–Crippen LogP) is 0.348. The van der Waals surface area contributed by atoms with E-state index in [0.717, 1.165) is 25.7 Å². The van der Waals surface area contributed by atoms with Gasteiger partial charge in [0.05, 0.1) is 18.4 Å². The summed E-state index contributed by atoms with van der Waals surface area (Å²) >= 11 is 0. The molecular weight excluding hydrogens is 260 g/mol. The molecule has 7 nitrogen and oxygen atoms in total. The molecule has 110 valence electrons. The Morgan fingerprint density at radius 1 is 1.50 bits per heavy atom. The summed E-state index contributed by atoms with van der Waals surface area (Å²) in [7, 11) is 1.71. The largest absolute Gasteiger partial charge is 0.478 e. The molecule has 0 atom stereocenters. The molecule has 1 aromatic heterocycles. The van der Waals surface area contributed by atoms with Gasteiger partial charge in [-0.05, 0) is 12.8 Å². The number of carbonyl (C=O) groups is 2. The minimum Gasteiger partial charge on any atom is -0.478 e. The van der Waals surface area contributed by atoms with Gasteiger partial charge in [0, 0.05) is 19.6 Å².